The highest BCUT2D eigenvalue weighted by Gasteiger charge is 2.23. The number of nitrogens with zero attached hydrogens (tertiary/aromatic N) is 2. The fraction of sp³-hybridized carbons (Fsp3) is 0.289. The Hall–Kier alpha value is -4.35. The van der Waals surface area contributed by atoms with Crippen LogP contribution in [0.25, 0.3) is 10.9 Å². The predicted molar refractivity (Wildman–Crippen MR) is 175 cm³/mol. The highest BCUT2D eigenvalue weighted by molar-refractivity contribution is 5.86. The summed E-state index contributed by atoms with van der Waals surface area (Å²) in [7, 11) is 0. The molecule has 1 N–H and O–H groups in total. The van der Waals surface area contributed by atoms with Gasteiger partial charge in [0.15, 0.2) is 0 Å². The van der Waals surface area contributed by atoms with Gasteiger partial charge in [0.2, 0.25) is 5.91 Å². The van der Waals surface area contributed by atoms with Gasteiger partial charge in [0.25, 0.3) is 0 Å². The van der Waals surface area contributed by atoms with Crippen molar-refractivity contribution < 1.29 is 9.53 Å². The first kappa shape index (κ1) is 28.8. The van der Waals surface area contributed by atoms with Crippen LogP contribution in [-0.2, 0) is 17.9 Å². The molecule has 1 aliphatic rings. The van der Waals surface area contributed by atoms with Crippen LogP contribution >= 0.6 is 0 Å². The van der Waals surface area contributed by atoms with Crippen molar-refractivity contribution in [2.24, 2.45) is 0 Å². The van der Waals surface area contributed by atoms with Gasteiger partial charge >= 0.3 is 0 Å². The Morgan fingerprint density at radius 2 is 1.56 bits per heavy atom. The molecular formula is C38H41N3O2. The van der Waals surface area contributed by atoms with E-state index in [1.54, 1.807) is 0 Å². The van der Waals surface area contributed by atoms with Gasteiger partial charge in [-0.1, -0.05) is 90.5 Å². The van der Waals surface area contributed by atoms with Gasteiger partial charge in [-0.05, 0) is 73.3 Å². The zero-order valence-corrected chi connectivity index (χ0v) is 25.0. The molecule has 5 heteroatoms. The Bertz CT molecular complexity index is 1620. The Labute approximate surface area is 255 Å². The molecule has 1 amide bonds. The Balaban J connectivity index is 1.26. The molecule has 1 saturated heterocycles. The number of amides is 1. The number of hydrogen-bond donors (Lipinski definition) is 1. The van der Waals surface area contributed by atoms with E-state index in [1.807, 2.05) is 30.3 Å². The number of fused-ring (bicyclic) bond motifs is 1. The molecule has 1 atom stereocenters. The lowest BCUT2D eigenvalue weighted by Gasteiger charge is -2.19. The molecule has 0 bridgehead atoms. The van der Waals surface area contributed by atoms with Crippen LogP contribution in [0, 0.1) is 6.92 Å². The normalized spacial score (nSPS) is 14.2. The third-order valence-electron chi connectivity index (χ3n) is 8.54. The quantitative estimate of drug-likeness (QED) is 0.171. The van der Waals surface area contributed by atoms with Gasteiger partial charge in [-0.3, -0.25) is 4.79 Å². The minimum atomic E-state index is -0.0841. The molecule has 220 valence electrons. The number of benzene rings is 4. The minimum absolute atomic E-state index is 0.0841. The third-order valence-corrected chi connectivity index (χ3v) is 8.54. The molecule has 2 heterocycles. The van der Waals surface area contributed by atoms with E-state index in [1.165, 1.54) is 40.4 Å². The molecule has 1 fully saturated rings. The minimum Gasteiger partial charge on any atom is -0.489 e. The number of rotatable bonds is 12. The summed E-state index contributed by atoms with van der Waals surface area (Å²) in [5, 5.41) is 4.41. The summed E-state index contributed by atoms with van der Waals surface area (Å²) < 4.78 is 8.40. The maximum Gasteiger partial charge on any atom is 0.220 e. The molecular weight excluding hydrogens is 530 g/mol. The van der Waals surface area contributed by atoms with Crippen molar-refractivity contribution in [1.82, 2.24) is 14.8 Å². The van der Waals surface area contributed by atoms with Crippen molar-refractivity contribution in [3.05, 3.63) is 137 Å². The number of aryl methyl sites for hydroxylation is 1. The first-order valence-electron chi connectivity index (χ1n) is 15.5. The van der Waals surface area contributed by atoms with E-state index in [-0.39, 0.29) is 11.8 Å². The van der Waals surface area contributed by atoms with E-state index in [4.69, 9.17) is 4.74 Å². The largest absolute Gasteiger partial charge is 0.489 e. The summed E-state index contributed by atoms with van der Waals surface area (Å²) in [6.07, 6.45) is 5.16. The second-order valence-electron chi connectivity index (χ2n) is 11.7. The van der Waals surface area contributed by atoms with Gasteiger partial charge in [-0.2, -0.15) is 0 Å². The lowest BCUT2D eigenvalue weighted by Crippen LogP contribution is -2.34. The summed E-state index contributed by atoms with van der Waals surface area (Å²) in [5.41, 5.74) is 7.12. The monoisotopic (exact) mass is 571 g/mol. The van der Waals surface area contributed by atoms with Crippen LogP contribution in [0.15, 0.2) is 109 Å². The van der Waals surface area contributed by atoms with Gasteiger partial charge in [-0.15, -0.1) is 0 Å². The second kappa shape index (κ2) is 13.7. The first-order chi connectivity index (χ1) is 21.1. The zero-order chi connectivity index (χ0) is 29.4. The van der Waals surface area contributed by atoms with Gasteiger partial charge in [0.05, 0.1) is 0 Å². The van der Waals surface area contributed by atoms with Crippen LogP contribution in [0.3, 0.4) is 0 Å². The fourth-order valence-electron chi connectivity index (χ4n) is 6.14. The van der Waals surface area contributed by atoms with E-state index in [0.717, 1.165) is 43.1 Å². The summed E-state index contributed by atoms with van der Waals surface area (Å²) >= 11 is 0. The second-order valence-corrected chi connectivity index (χ2v) is 11.7. The topological polar surface area (TPSA) is 46.5 Å². The van der Waals surface area contributed by atoms with Gasteiger partial charge in [0, 0.05) is 49.1 Å². The molecule has 0 radical (unpaired) electrons. The van der Waals surface area contributed by atoms with E-state index < -0.39 is 0 Å². The van der Waals surface area contributed by atoms with E-state index >= 15 is 0 Å². The lowest BCUT2D eigenvalue weighted by molar-refractivity contribution is -0.121. The lowest BCUT2D eigenvalue weighted by atomic mass is 9.88. The maximum atomic E-state index is 13.4. The highest BCUT2D eigenvalue weighted by atomic mass is 16.5. The maximum absolute atomic E-state index is 13.4. The number of nitrogens with one attached hydrogen (secondary N) is 1. The van der Waals surface area contributed by atoms with Crippen molar-refractivity contribution in [2.45, 2.75) is 45.3 Å². The molecule has 0 spiro atoms. The number of carbonyl (C=O) groups is 1. The van der Waals surface area contributed by atoms with Crippen molar-refractivity contribution in [1.29, 1.82) is 0 Å². The van der Waals surface area contributed by atoms with Crippen molar-refractivity contribution in [3.8, 4) is 5.75 Å². The average molecular weight is 572 g/mol. The predicted octanol–water partition coefficient (Wildman–Crippen LogP) is 7.31. The summed E-state index contributed by atoms with van der Waals surface area (Å²) in [6.45, 7) is 7.30. The molecule has 1 aromatic heterocycles. The summed E-state index contributed by atoms with van der Waals surface area (Å²) in [5.74, 6) is 0.825. The van der Waals surface area contributed by atoms with Crippen LogP contribution in [0.1, 0.15) is 53.0 Å². The fourth-order valence-corrected chi connectivity index (χ4v) is 6.14. The van der Waals surface area contributed by atoms with Crippen LogP contribution in [0.5, 0.6) is 5.75 Å². The van der Waals surface area contributed by atoms with E-state index in [0.29, 0.717) is 19.6 Å². The number of aromatic nitrogens is 1. The van der Waals surface area contributed by atoms with Gasteiger partial charge in [0.1, 0.15) is 12.4 Å². The van der Waals surface area contributed by atoms with Crippen LogP contribution < -0.4 is 10.1 Å². The van der Waals surface area contributed by atoms with Crippen LogP contribution in [0.2, 0.25) is 0 Å². The van der Waals surface area contributed by atoms with Crippen molar-refractivity contribution >= 4 is 16.8 Å². The molecule has 6 rings (SSSR count). The number of hydrogen-bond acceptors (Lipinski definition) is 3. The van der Waals surface area contributed by atoms with Crippen molar-refractivity contribution in [3.63, 3.8) is 0 Å². The average Bonchev–Trinajstić information content (AvgIpc) is 3.69. The summed E-state index contributed by atoms with van der Waals surface area (Å²) in [6, 6.07) is 35.8. The standard InChI is InChI=1S/C38H41N3O2/c1-29-13-15-30(16-14-29)26-41-27-36(34-11-5-6-12-37(34)41)35(25-38(42)39-21-24-40-22-7-8-23-40)32-17-19-33(20-18-32)43-28-31-9-3-2-4-10-31/h2-6,9-20,27,35H,7-8,21-26,28H2,1H3,(H,39,42)/t35-/m0/s1. The number of carbonyl (C=O) groups excluding carboxylic acids is 1. The molecule has 1 aliphatic heterocycles. The molecule has 4 aromatic carbocycles. The first-order valence-corrected chi connectivity index (χ1v) is 15.5. The highest BCUT2D eigenvalue weighted by Crippen LogP contribution is 2.36. The third kappa shape index (κ3) is 7.36. The smallest absolute Gasteiger partial charge is 0.220 e. The van der Waals surface area contributed by atoms with Crippen LogP contribution in [-0.4, -0.2) is 41.6 Å². The molecule has 0 unspecified atom stereocenters. The number of likely N-dealkylation sites (tertiary alicyclic amines) is 1. The Kier molecular flexibility index (Phi) is 9.19. The SMILES string of the molecule is Cc1ccc(Cn2cc([C@@H](CC(=O)NCCN3CCCC3)c3ccc(OCc4ccccc4)cc3)c3ccccc32)cc1. The zero-order valence-electron chi connectivity index (χ0n) is 25.0. The molecule has 0 aliphatic carbocycles. The molecule has 5 nitrogen and oxygen atoms in total. The van der Waals surface area contributed by atoms with Crippen LogP contribution in [0.4, 0.5) is 0 Å². The van der Waals surface area contributed by atoms with E-state index in [9.17, 15) is 4.79 Å². The van der Waals surface area contributed by atoms with E-state index in [2.05, 4.69) is 101 Å². The van der Waals surface area contributed by atoms with Gasteiger partial charge in [-0.25, -0.2) is 0 Å². The molecule has 0 saturated carbocycles. The molecule has 5 aromatic rings. The van der Waals surface area contributed by atoms with Gasteiger partial charge < -0.3 is 19.5 Å². The summed E-state index contributed by atoms with van der Waals surface area (Å²) in [4.78, 5) is 15.8. The number of ether oxygens (including phenoxy) is 1. The Morgan fingerprint density at radius 3 is 2.33 bits per heavy atom. The van der Waals surface area contributed by atoms with Crippen molar-refractivity contribution in [2.75, 3.05) is 26.2 Å². The Morgan fingerprint density at radius 1 is 0.837 bits per heavy atom. The number of para-hydroxylation sites is 1. The molecule has 43 heavy (non-hydrogen) atoms.